The van der Waals surface area contributed by atoms with E-state index in [2.05, 4.69) is 5.32 Å². The highest BCUT2D eigenvalue weighted by Gasteiger charge is 2.26. The highest BCUT2D eigenvalue weighted by atomic mass is 19.1. The molecule has 0 unspecified atom stereocenters. The zero-order chi connectivity index (χ0) is 15.1. The normalized spacial score (nSPS) is 13.4. The Hall–Kier alpha value is -1.91. The van der Waals surface area contributed by atoms with Crippen LogP contribution in [0.5, 0.6) is 0 Å². The van der Waals surface area contributed by atoms with Gasteiger partial charge in [0.05, 0.1) is 13.5 Å². The molecule has 20 heavy (non-hydrogen) atoms. The number of benzene rings is 1. The number of nitrogens with one attached hydrogen (secondary N) is 1. The molecule has 0 fully saturated rings. The van der Waals surface area contributed by atoms with Gasteiger partial charge in [-0.05, 0) is 23.6 Å². The minimum Gasteiger partial charge on any atom is -0.467 e. The van der Waals surface area contributed by atoms with Gasteiger partial charge in [0.25, 0.3) is 0 Å². The van der Waals surface area contributed by atoms with E-state index in [0.29, 0.717) is 5.56 Å². The number of hydrogen-bond acceptors (Lipinski definition) is 3. The van der Waals surface area contributed by atoms with Crippen molar-refractivity contribution in [3.63, 3.8) is 0 Å². The van der Waals surface area contributed by atoms with Gasteiger partial charge in [-0.1, -0.05) is 32.4 Å². The molecule has 1 aromatic carbocycles. The maximum atomic E-state index is 12.8. The predicted molar refractivity (Wildman–Crippen MR) is 73.5 cm³/mol. The van der Waals surface area contributed by atoms with Gasteiger partial charge in [0, 0.05) is 0 Å². The van der Waals surface area contributed by atoms with Crippen LogP contribution in [0.3, 0.4) is 0 Å². The lowest BCUT2D eigenvalue weighted by Crippen LogP contribution is -2.46. The lowest BCUT2D eigenvalue weighted by atomic mass is 9.99. The van der Waals surface area contributed by atoms with Crippen molar-refractivity contribution in [1.29, 1.82) is 0 Å². The van der Waals surface area contributed by atoms with Gasteiger partial charge in [0.1, 0.15) is 11.9 Å². The molecule has 5 heteroatoms. The summed E-state index contributed by atoms with van der Waals surface area (Å²) < 4.78 is 17.5. The van der Waals surface area contributed by atoms with Crippen LogP contribution in [0, 0.1) is 11.7 Å². The molecule has 0 aliphatic heterocycles. The van der Waals surface area contributed by atoms with E-state index in [1.54, 1.807) is 12.1 Å². The van der Waals surface area contributed by atoms with Crippen LogP contribution in [0.2, 0.25) is 0 Å². The first-order valence-corrected chi connectivity index (χ1v) is 6.59. The summed E-state index contributed by atoms with van der Waals surface area (Å²) in [7, 11) is 1.30. The second kappa shape index (κ2) is 7.62. The standard InChI is InChI=1S/C15H20FNO3/c1-4-10(2)14(15(19)20-3)17-13(18)9-11-5-7-12(16)8-6-11/h5-8,10,14H,4,9H2,1-3H3,(H,17,18)/t10-,14+/m0/s1. The molecule has 0 aromatic heterocycles. The van der Waals surface area contributed by atoms with Crippen LogP contribution in [0.25, 0.3) is 0 Å². The second-order valence-electron chi connectivity index (χ2n) is 4.76. The van der Waals surface area contributed by atoms with E-state index in [1.165, 1.54) is 19.2 Å². The number of methoxy groups -OCH3 is 1. The Morgan fingerprint density at radius 3 is 2.40 bits per heavy atom. The molecule has 0 heterocycles. The van der Waals surface area contributed by atoms with Crippen molar-refractivity contribution in [3.8, 4) is 0 Å². The molecule has 4 nitrogen and oxygen atoms in total. The van der Waals surface area contributed by atoms with E-state index >= 15 is 0 Å². The van der Waals surface area contributed by atoms with Crippen LogP contribution in [0.4, 0.5) is 4.39 Å². The van der Waals surface area contributed by atoms with Crippen molar-refractivity contribution in [2.24, 2.45) is 5.92 Å². The van der Waals surface area contributed by atoms with Crippen molar-refractivity contribution in [1.82, 2.24) is 5.32 Å². The molecular weight excluding hydrogens is 261 g/mol. The van der Waals surface area contributed by atoms with Crippen LogP contribution in [0.15, 0.2) is 24.3 Å². The number of amides is 1. The number of hydrogen-bond donors (Lipinski definition) is 1. The smallest absolute Gasteiger partial charge is 0.328 e. The maximum Gasteiger partial charge on any atom is 0.328 e. The van der Waals surface area contributed by atoms with E-state index in [4.69, 9.17) is 4.74 Å². The third-order valence-corrected chi connectivity index (χ3v) is 3.26. The summed E-state index contributed by atoms with van der Waals surface area (Å²) in [6, 6.07) is 5.04. The third kappa shape index (κ3) is 4.64. The number of carbonyl (C=O) groups excluding carboxylic acids is 2. The van der Waals surface area contributed by atoms with Crippen LogP contribution in [0.1, 0.15) is 25.8 Å². The first kappa shape index (κ1) is 16.1. The molecule has 1 amide bonds. The molecular formula is C15H20FNO3. The highest BCUT2D eigenvalue weighted by Crippen LogP contribution is 2.10. The Morgan fingerprint density at radius 1 is 1.30 bits per heavy atom. The van der Waals surface area contributed by atoms with Crippen LogP contribution < -0.4 is 5.32 Å². The van der Waals surface area contributed by atoms with Crippen LogP contribution >= 0.6 is 0 Å². The molecule has 1 N–H and O–H groups in total. The zero-order valence-corrected chi connectivity index (χ0v) is 12.0. The van der Waals surface area contributed by atoms with Gasteiger partial charge < -0.3 is 10.1 Å². The summed E-state index contributed by atoms with van der Waals surface area (Å²) in [6.45, 7) is 3.81. The average molecular weight is 281 g/mol. The number of halogens is 1. The molecule has 0 aliphatic carbocycles. The molecule has 110 valence electrons. The van der Waals surface area contributed by atoms with Gasteiger partial charge in [-0.3, -0.25) is 4.79 Å². The van der Waals surface area contributed by atoms with E-state index in [1.807, 2.05) is 13.8 Å². The summed E-state index contributed by atoms with van der Waals surface area (Å²) in [4.78, 5) is 23.6. The van der Waals surface area contributed by atoms with Crippen LogP contribution in [-0.4, -0.2) is 25.0 Å². The van der Waals surface area contributed by atoms with Crippen LogP contribution in [-0.2, 0) is 20.7 Å². The van der Waals surface area contributed by atoms with Crippen molar-refractivity contribution < 1.29 is 18.7 Å². The fourth-order valence-corrected chi connectivity index (χ4v) is 1.81. The fraction of sp³-hybridized carbons (Fsp3) is 0.467. The van der Waals surface area contributed by atoms with Crippen molar-refractivity contribution >= 4 is 11.9 Å². The Bertz CT molecular complexity index is 459. The Labute approximate surface area is 118 Å². The Kier molecular flexibility index (Phi) is 6.15. The predicted octanol–water partition coefficient (Wildman–Crippen LogP) is 2.07. The fourth-order valence-electron chi connectivity index (χ4n) is 1.81. The van der Waals surface area contributed by atoms with Gasteiger partial charge in [0.15, 0.2) is 0 Å². The molecule has 2 atom stereocenters. The molecule has 0 spiro atoms. The Morgan fingerprint density at radius 2 is 1.90 bits per heavy atom. The molecule has 0 saturated carbocycles. The average Bonchev–Trinajstić information content (AvgIpc) is 2.45. The van der Waals surface area contributed by atoms with Crippen molar-refractivity contribution in [2.75, 3.05) is 7.11 Å². The third-order valence-electron chi connectivity index (χ3n) is 3.26. The quantitative estimate of drug-likeness (QED) is 0.812. The van der Waals surface area contributed by atoms with Crippen molar-refractivity contribution in [3.05, 3.63) is 35.6 Å². The largest absolute Gasteiger partial charge is 0.467 e. The van der Waals surface area contributed by atoms with E-state index < -0.39 is 12.0 Å². The monoisotopic (exact) mass is 281 g/mol. The lowest BCUT2D eigenvalue weighted by molar-refractivity contribution is -0.146. The first-order valence-electron chi connectivity index (χ1n) is 6.59. The number of carbonyl (C=O) groups is 2. The molecule has 0 saturated heterocycles. The van der Waals surface area contributed by atoms with Gasteiger partial charge in [0.2, 0.25) is 5.91 Å². The van der Waals surface area contributed by atoms with E-state index in [9.17, 15) is 14.0 Å². The summed E-state index contributed by atoms with van der Waals surface area (Å²) in [6.07, 6.45) is 0.848. The minimum atomic E-state index is -0.655. The number of rotatable bonds is 6. The summed E-state index contributed by atoms with van der Waals surface area (Å²) >= 11 is 0. The number of ether oxygens (including phenoxy) is 1. The maximum absolute atomic E-state index is 12.8. The minimum absolute atomic E-state index is 0.0142. The Balaban J connectivity index is 2.66. The van der Waals surface area contributed by atoms with Gasteiger partial charge in [-0.25, -0.2) is 9.18 Å². The van der Waals surface area contributed by atoms with Gasteiger partial charge in [-0.2, -0.15) is 0 Å². The first-order chi connectivity index (χ1) is 9.47. The summed E-state index contributed by atoms with van der Waals surface area (Å²) in [5, 5.41) is 2.67. The SMILES string of the molecule is CC[C@H](C)[C@@H](NC(=O)Cc1ccc(F)cc1)C(=O)OC. The van der Waals surface area contributed by atoms with Gasteiger partial charge >= 0.3 is 5.97 Å². The van der Waals surface area contributed by atoms with Gasteiger partial charge in [-0.15, -0.1) is 0 Å². The summed E-state index contributed by atoms with van der Waals surface area (Å²) in [5.41, 5.74) is 0.691. The molecule has 1 rings (SSSR count). The molecule has 1 aromatic rings. The number of esters is 1. The highest BCUT2D eigenvalue weighted by molar-refractivity contribution is 5.85. The summed E-state index contributed by atoms with van der Waals surface area (Å²) in [5.74, 6) is -1.10. The lowest BCUT2D eigenvalue weighted by Gasteiger charge is -2.21. The topological polar surface area (TPSA) is 55.4 Å². The molecule has 0 bridgehead atoms. The van der Waals surface area contributed by atoms with Crippen molar-refractivity contribution in [2.45, 2.75) is 32.7 Å². The van der Waals surface area contributed by atoms with E-state index in [0.717, 1.165) is 6.42 Å². The molecule has 0 aliphatic rings. The second-order valence-corrected chi connectivity index (χ2v) is 4.76. The molecule has 0 radical (unpaired) electrons. The zero-order valence-electron chi connectivity index (χ0n) is 12.0. The van der Waals surface area contributed by atoms with E-state index in [-0.39, 0.29) is 24.1 Å².